The third kappa shape index (κ3) is 6.36. The number of carbonyl (C=O) groups excluding carboxylic acids is 2. The molecule has 0 unspecified atom stereocenters. The average Bonchev–Trinajstić information content (AvgIpc) is 2.92. The predicted octanol–water partition coefficient (Wildman–Crippen LogP) is 6.88. The van der Waals surface area contributed by atoms with Crippen molar-refractivity contribution in [2.24, 2.45) is 0 Å². The van der Waals surface area contributed by atoms with Crippen LogP contribution < -0.4 is 10.1 Å². The van der Waals surface area contributed by atoms with Gasteiger partial charge in [-0.2, -0.15) is 5.26 Å². The second kappa shape index (κ2) is 11.7. The number of hydrogen-bond acceptors (Lipinski definition) is 6. The normalized spacial score (nSPS) is 10.4. The lowest BCUT2D eigenvalue weighted by molar-refractivity contribution is -0.113. The van der Waals surface area contributed by atoms with Crippen LogP contribution in [0.25, 0.3) is 22.4 Å². The number of rotatable bonds is 8. The number of benzene rings is 3. The molecule has 0 fully saturated rings. The van der Waals surface area contributed by atoms with Crippen molar-refractivity contribution in [2.45, 2.75) is 11.9 Å². The molecule has 0 saturated carbocycles. The van der Waals surface area contributed by atoms with Gasteiger partial charge >= 0.3 is 0 Å². The maximum Gasteiger partial charge on any atom is 0.234 e. The van der Waals surface area contributed by atoms with E-state index in [1.165, 1.54) is 18.7 Å². The molecular weight excluding hydrogens is 506 g/mol. The fourth-order valence-electron chi connectivity index (χ4n) is 3.65. The Bertz CT molecular complexity index is 1500. The van der Waals surface area contributed by atoms with Gasteiger partial charge in [0.2, 0.25) is 5.91 Å². The molecule has 0 spiro atoms. The summed E-state index contributed by atoms with van der Waals surface area (Å²) in [5, 5.41) is 13.9. The van der Waals surface area contributed by atoms with Crippen molar-refractivity contribution in [3.05, 3.63) is 95.0 Å². The molecular formula is C29H22ClN3O3S. The molecule has 6 nitrogen and oxygen atoms in total. The first kappa shape index (κ1) is 26.0. The first-order valence-corrected chi connectivity index (χ1v) is 12.6. The highest BCUT2D eigenvalue weighted by atomic mass is 35.5. The van der Waals surface area contributed by atoms with Crippen molar-refractivity contribution in [3.8, 4) is 34.2 Å². The van der Waals surface area contributed by atoms with Gasteiger partial charge in [0.15, 0.2) is 5.78 Å². The van der Waals surface area contributed by atoms with Crippen molar-refractivity contribution in [2.75, 3.05) is 18.2 Å². The number of nitriles is 1. The van der Waals surface area contributed by atoms with E-state index in [9.17, 15) is 14.9 Å². The molecule has 1 amide bonds. The fourth-order valence-corrected chi connectivity index (χ4v) is 4.58. The Labute approximate surface area is 224 Å². The molecule has 0 aliphatic heterocycles. The summed E-state index contributed by atoms with van der Waals surface area (Å²) in [6.45, 7) is 1.47. The van der Waals surface area contributed by atoms with E-state index < -0.39 is 0 Å². The summed E-state index contributed by atoms with van der Waals surface area (Å²) in [7, 11) is 1.60. The topological polar surface area (TPSA) is 92.1 Å². The summed E-state index contributed by atoms with van der Waals surface area (Å²) >= 11 is 7.26. The number of nitrogens with zero attached hydrogens (tertiary/aromatic N) is 2. The van der Waals surface area contributed by atoms with Gasteiger partial charge in [-0.25, -0.2) is 4.98 Å². The van der Waals surface area contributed by atoms with E-state index >= 15 is 0 Å². The zero-order chi connectivity index (χ0) is 26.4. The third-order valence-corrected chi connectivity index (χ3v) is 6.76. The maximum atomic E-state index is 12.7. The highest BCUT2D eigenvalue weighted by Crippen LogP contribution is 2.35. The molecule has 0 bridgehead atoms. The van der Waals surface area contributed by atoms with Crippen LogP contribution in [0.3, 0.4) is 0 Å². The van der Waals surface area contributed by atoms with Crippen LogP contribution in [0.1, 0.15) is 22.8 Å². The van der Waals surface area contributed by atoms with E-state index in [4.69, 9.17) is 21.3 Å². The van der Waals surface area contributed by atoms with Gasteiger partial charge in [-0.15, -0.1) is 0 Å². The molecule has 0 saturated heterocycles. The largest absolute Gasteiger partial charge is 0.497 e. The summed E-state index contributed by atoms with van der Waals surface area (Å²) in [5.41, 5.74) is 4.41. The van der Waals surface area contributed by atoms with Gasteiger partial charge < -0.3 is 10.1 Å². The Balaban J connectivity index is 1.67. The number of pyridine rings is 1. The van der Waals surface area contributed by atoms with Gasteiger partial charge in [0.05, 0.1) is 24.1 Å². The van der Waals surface area contributed by atoms with Gasteiger partial charge in [0, 0.05) is 27.4 Å². The Hall–Kier alpha value is -4.12. The quantitative estimate of drug-likeness (QED) is 0.198. The molecule has 8 heteroatoms. The zero-order valence-corrected chi connectivity index (χ0v) is 21.7. The number of aromatic nitrogens is 1. The van der Waals surface area contributed by atoms with E-state index in [1.54, 1.807) is 43.5 Å². The minimum Gasteiger partial charge on any atom is -0.497 e. The van der Waals surface area contributed by atoms with Crippen LogP contribution in [0.15, 0.2) is 83.9 Å². The van der Waals surface area contributed by atoms with Crippen LogP contribution in [-0.2, 0) is 4.79 Å². The molecule has 184 valence electrons. The van der Waals surface area contributed by atoms with E-state index in [0.29, 0.717) is 38.1 Å². The third-order valence-electron chi connectivity index (χ3n) is 5.53. The van der Waals surface area contributed by atoms with Crippen molar-refractivity contribution in [3.63, 3.8) is 0 Å². The molecule has 0 aliphatic rings. The summed E-state index contributed by atoms with van der Waals surface area (Å²) < 4.78 is 5.26. The molecule has 0 atom stereocenters. The number of anilines is 1. The number of carbonyl (C=O) groups is 2. The van der Waals surface area contributed by atoms with Gasteiger partial charge in [-0.3, -0.25) is 9.59 Å². The highest BCUT2D eigenvalue weighted by Gasteiger charge is 2.17. The fraction of sp³-hybridized carbons (Fsp3) is 0.103. The standard InChI is InChI=1S/C29H22ClN3O3S/c1-18(34)21-4-3-5-23(14-21)32-28(35)17-37-29-26(16-31)25(19-6-10-22(30)11-7-19)15-27(33-29)20-8-12-24(36-2)13-9-20/h3-15H,17H2,1-2H3,(H,32,35). The average molecular weight is 528 g/mol. The number of methoxy groups -OCH3 is 1. The number of nitrogens with one attached hydrogen (secondary N) is 1. The number of halogens is 1. The maximum absolute atomic E-state index is 12.7. The molecule has 1 heterocycles. The lowest BCUT2D eigenvalue weighted by Gasteiger charge is -2.13. The van der Waals surface area contributed by atoms with Gasteiger partial charge in [0.1, 0.15) is 16.8 Å². The number of Topliss-reactive ketones (excluding diaryl/α,β-unsaturated/α-hetero) is 1. The van der Waals surface area contributed by atoms with E-state index in [-0.39, 0.29) is 17.4 Å². The lowest BCUT2D eigenvalue weighted by atomic mass is 9.99. The van der Waals surface area contributed by atoms with Gasteiger partial charge in [-0.05, 0) is 67.1 Å². The van der Waals surface area contributed by atoms with Gasteiger partial charge in [0.25, 0.3) is 0 Å². The number of ketones is 1. The molecule has 0 radical (unpaired) electrons. The van der Waals surface area contributed by atoms with Crippen LogP contribution in [0.5, 0.6) is 5.75 Å². The number of amides is 1. The SMILES string of the molecule is COc1ccc(-c2cc(-c3ccc(Cl)cc3)c(C#N)c(SCC(=O)Nc3cccc(C(C)=O)c3)n2)cc1. The monoisotopic (exact) mass is 527 g/mol. The van der Waals surface area contributed by atoms with Crippen LogP contribution in [0, 0.1) is 11.3 Å². The molecule has 0 aliphatic carbocycles. The lowest BCUT2D eigenvalue weighted by Crippen LogP contribution is -2.14. The Morgan fingerprint density at radius 1 is 1.03 bits per heavy atom. The second-order valence-electron chi connectivity index (χ2n) is 8.06. The summed E-state index contributed by atoms with van der Waals surface area (Å²) in [4.78, 5) is 29.1. The van der Waals surface area contributed by atoms with Crippen LogP contribution in [0.2, 0.25) is 5.02 Å². The Morgan fingerprint density at radius 2 is 1.73 bits per heavy atom. The molecule has 1 aromatic heterocycles. The van der Waals surface area contributed by atoms with Crippen LogP contribution in [-0.4, -0.2) is 29.5 Å². The summed E-state index contributed by atoms with van der Waals surface area (Å²) in [6, 6.07) is 25.6. The highest BCUT2D eigenvalue weighted by molar-refractivity contribution is 8.00. The van der Waals surface area contributed by atoms with Crippen LogP contribution >= 0.6 is 23.4 Å². The van der Waals surface area contributed by atoms with Crippen molar-refractivity contribution in [1.82, 2.24) is 4.98 Å². The minimum atomic E-state index is -0.278. The summed E-state index contributed by atoms with van der Waals surface area (Å²) in [5.74, 6) is 0.381. The Kier molecular flexibility index (Phi) is 8.24. The first-order valence-electron chi connectivity index (χ1n) is 11.3. The van der Waals surface area contributed by atoms with Crippen molar-refractivity contribution in [1.29, 1.82) is 5.26 Å². The molecule has 1 N–H and O–H groups in total. The van der Waals surface area contributed by atoms with Crippen LogP contribution in [0.4, 0.5) is 5.69 Å². The number of thioether (sulfide) groups is 1. The second-order valence-corrected chi connectivity index (χ2v) is 9.46. The zero-order valence-electron chi connectivity index (χ0n) is 20.1. The van der Waals surface area contributed by atoms with E-state index in [0.717, 1.165) is 16.9 Å². The first-order chi connectivity index (χ1) is 17.9. The molecule has 4 rings (SSSR count). The van der Waals surface area contributed by atoms with Gasteiger partial charge in [-0.1, -0.05) is 47.6 Å². The Morgan fingerprint density at radius 3 is 2.38 bits per heavy atom. The van der Waals surface area contributed by atoms with E-state index in [2.05, 4.69) is 11.4 Å². The minimum absolute atomic E-state index is 0.0259. The van der Waals surface area contributed by atoms with E-state index in [1.807, 2.05) is 42.5 Å². The van der Waals surface area contributed by atoms with Crippen molar-refractivity contribution >= 4 is 40.7 Å². The number of ether oxygens (including phenoxy) is 1. The predicted molar refractivity (Wildman–Crippen MR) is 147 cm³/mol. The smallest absolute Gasteiger partial charge is 0.234 e. The molecule has 4 aromatic rings. The number of hydrogen-bond donors (Lipinski definition) is 1. The summed E-state index contributed by atoms with van der Waals surface area (Å²) in [6.07, 6.45) is 0. The molecule has 37 heavy (non-hydrogen) atoms. The molecule has 3 aromatic carbocycles. The van der Waals surface area contributed by atoms with Crippen molar-refractivity contribution < 1.29 is 14.3 Å².